The molecule has 1 aromatic heterocycles. The van der Waals surface area contributed by atoms with E-state index in [0.29, 0.717) is 0 Å². The lowest BCUT2D eigenvalue weighted by Crippen LogP contribution is -1.82. The molecule has 2 rings (SSSR count). The van der Waals surface area contributed by atoms with Crippen molar-refractivity contribution in [2.45, 2.75) is 0 Å². The third-order valence-electron chi connectivity index (χ3n) is 1.81. The second-order valence-electron chi connectivity index (χ2n) is 2.56. The van der Waals surface area contributed by atoms with Crippen molar-refractivity contribution in [3.63, 3.8) is 0 Å². The minimum Gasteiger partial charge on any atom is -0.497 e. The Morgan fingerprint density at radius 3 is 2.71 bits per heavy atom. The first kappa shape index (κ1) is 10.3. The molecule has 0 N–H and O–H groups in total. The number of hydrogen-bond acceptors (Lipinski definition) is 2. The summed E-state index contributed by atoms with van der Waals surface area (Å²) >= 11 is 0. The standard InChI is InChI=1S/C10H9NO.C2H4/c1-12-9-4-5-10-8(7-9)3-2-6-11-10;1-2/h2-7H,1H3;1-2H2. The molecule has 0 aliphatic heterocycles. The second-order valence-corrected chi connectivity index (χ2v) is 2.56. The van der Waals surface area contributed by atoms with Gasteiger partial charge in [-0.15, -0.1) is 13.2 Å². The highest BCUT2D eigenvalue weighted by Crippen LogP contribution is 2.17. The van der Waals surface area contributed by atoms with Gasteiger partial charge in [0.1, 0.15) is 5.75 Å². The van der Waals surface area contributed by atoms with Crippen molar-refractivity contribution >= 4 is 10.9 Å². The van der Waals surface area contributed by atoms with Crippen molar-refractivity contribution in [3.05, 3.63) is 49.7 Å². The summed E-state index contributed by atoms with van der Waals surface area (Å²) in [5.41, 5.74) is 0.998. The first-order chi connectivity index (χ1) is 6.90. The van der Waals surface area contributed by atoms with Crippen LogP contribution in [0.15, 0.2) is 49.7 Å². The van der Waals surface area contributed by atoms with E-state index >= 15 is 0 Å². The third-order valence-corrected chi connectivity index (χ3v) is 1.81. The summed E-state index contributed by atoms with van der Waals surface area (Å²) in [5.74, 6) is 0.871. The fraction of sp³-hybridized carbons (Fsp3) is 0.0833. The molecule has 2 heteroatoms. The van der Waals surface area contributed by atoms with E-state index in [1.807, 2.05) is 30.3 Å². The van der Waals surface area contributed by atoms with Gasteiger partial charge in [-0.25, -0.2) is 0 Å². The molecule has 0 saturated heterocycles. The van der Waals surface area contributed by atoms with Crippen LogP contribution < -0.4 is 4.74 Å². The van der Waals surface area contributed by atoms with Crippen molar-refractivity contribution in [3.8, 4) is 5.75 Å². The zero-order chi connectivity index (χ0) is 10.4. The maximum atomic E-state index is 5.09. The van der Waals surface area contributed by atoms with Gasteiger partial charge >= 0.3 is 0 Å². The number of hydrogen-bond donors (Lipinski definition) is 0. The average molecular weight is 187 g/mol. The SMILES string of the molecule is C=C.COc1ccc2ncccc2c1. The number of ether oxygens (including phenoxy) is 1. The van der Waals surface area contributed by atoms with Crippen molar-refractivity contribution < 1.29 is 4.74 Å². The number of aromatic nitrogens is 1. The fourth-order valence-electron chi connectivity index (χ4n) is 1.18. The lowest BCUT2D eigenvalue weighted by Gasteiger charge is -2.00. The molecule has 2 aromatic rings. The topological polar surface area (TPSA) is 22.1 Å². The Kier molecular flexibility index (Phi) is 3.68. The summed E-state index contributed by atoms with van der Waals surface area (Å²) in [6.45, 7) is 6.00. The highest BCUT2D eigenvalue weighted by Gasteiger charge is 1.94. The molecular weight excluding hydrogens is 174 g/mol. The minimum atomic E-state index is 0.871. The highest BCUT2D eigenvalue weighted by atomic mass is 16.5. The van der Waals surface area contributed by atoms with E-state index in [4.69, 9.17) is 4.74 Å². The molecule has 14 heavy (non-hydrogen) atoms. The highest BCUT2D eigenvalue weighted by molar-refractivity contribution is 5.79. The molecule has 0 radical (unpaired) electrons. The largest absolute Gasteiger partial charge is 0.497 e. The van der Waals surface area contributed by atoms with Gasteiger partial charge in [-0.2, -0.15) is 0 Å². The summed E-state index contributed by atoms with van der Waals surface area (Å²) in [5, 5.41) is 1.11. The normalized spacial score (nSPS) is 8.93. The van der Waals surface area contributed by atoms with E-state index in [0.717, 1.165) is 16.7 Å². The molecule has 2 nitrogen and oxygen atoms in total. The number of methoxy groups -OCH3 is 1. The van der Waals surface area contributed by atoms with Crippen molar-refractivity contribution in [2.75, 3.05) is 7.11 Å². The Hall–Kier alpha value is -1.83. The molecule has 0 aliphatic carbocycles. The van der Waals surface area contributed by atoms with Crippen LogP contribution in [-0.2, 0) is 0 Å². The van der Waals surface area contributed by atoms with Gasteiger partial charge < -0.3 is 4.74 Å². The van der Waals surface area contributed by atoms with Crippen molar-refractivity contribution in [2.24, 2.45) is 0 Å². The molecule has 1 aromatic carbocycles. The summed E-state index contributed by atoms with van der Waals surface area (Å²) in [7, 11) is 1.66. The maximum Gasteiger partial charge on any atom is 0.119 e. The van der Waals surface area contributed by atoms with Crippen molar-refractivity contribution in [1.29, 1.82) is 0 Å². The number of pyridine rings is 1. The van der Waals surface area contributed by atoms with E-state index in [9.17, 15) is 0 Å². The van der Waals surface area contributed by atoms with Gasteiger partial charge in [-0.05, 0) is 24.3 Å². The quantitative estimate of drug-likeness (QED) is 0.640. The van der Waals surface area contributed by atoms with E-state index in [1.165, 1.54) is 0 Å². The van der Waals surface area contributed by atoms with Crippen LogP contribution in [-0.4, -0.2) is 12.1 Å². The Morgan fingerprint density at radius 2 is 2.00 bits per heavy atom. The molecule has 0 amide bonds. The first-order valence-corrected chi connectivity index (χ1v) is 4.29. The van der Waals surface area contributed by atoms with E-state index in [2.05, 4.69) is 18.1 Å². The predicted molar refractivity (Wildman–Crippen MR) is 59.5 cm³/mol. The van der Waals surface area contributed by atoms with Gasteiger partial charge in [0.05, 0.1) is 12.6 Å². The van der Waals surface area contributed by atoms with Gasteiger partial charge in [-0.3, -0.25) is 4.98 Å². The van der Waals surface area contributed by atoms with E-state index in [-0.39, 0.29) is 0 Å². The van der Waals surface area contributed by atoms with Crippen LogP contribution in [0.1, 0.15) is 0 Å². The number of rotatable bonds is 1. The van der Waals surface area contributed by atoms with Crippen LogP contribution in [0.4, 0.5) is 0 Å². The predicted octanol–water partition coefficient (Wildman–Crippen LogP) is 3.05. The smallest absolute Gasteiger partial charge is 0.119 e. The molecule has 0 fully saturated rings. The maximum absolute atomic E-state index is 5.09. The zero-order valence-corrected chi connectivity index (χ0v) is 8.23. The molecule has 0 saturated carbocycles. The molecule has 0 bridgehead atoms. The van der Waals surface area contributed by atoms with Crippen LogP contribution in [0.2, 0.25) is 0 Å². The Bertz CT molecular complexity index is 412. The minimum absolute atomic E-state index is 0.871. The lowest BCUT2D eigenvalue weighted by atomic mass is 10.2. The number of fused-ring (bicyclic) bond motifs is 1. The molecular formula is C12H13NO. The molecule has 0 atom stereocenters. The van der Waals surface area contributed by atoms with Crippen LogP contribution in [0, 0.1) is 0 Å². The second kappa shape index (κ2) is 5.02. The zero-order valence-electron chi connectivity index (χ0n) is 8.23. The summed E-state index contributed by atoms with van der Waals surface area (Å²) in [6, 6.07) is 9.78. The Balaban J connectivity index is 0.000000461. The lowest BCUT2D eigenvalue weighted by molar-refractivity contribution is 0.415. The third kappa shape index (κ3) is 2.10. The monoisotopic (exact) mass is 187 g/mol. The van der Waals surface area contributed by atoms with Gasteiger partial charge in [0.2, 0.25) is 0 Å². The van der Waals surface area contributed by atoms with E-state index < -0.39 is 0 Å². The molecule has 1 heterocycles. The summed E-state index contributed by atoms with van der Waals surface area (Å²) < 4.78 is 5.09. The van der Waals surface area contributed by atoms with Crippen LogP contribution in [0.5, 0.6) is 5.75 Å². The molecule has 0 spiro atoms. The van der Waals surface area contributed by atoms with Crippen LogP contribution >= 0.6 is 0 Å². The Morgan fingerprint density at radius 1 is 1.21 bits per heavy atom. The Labute approximate surface area is 83.9 Å². The number of benzene rings is 1. The summed E-state index contributed by atoms with van der Waals surface area (Å²) in [4.78, 5) is 4.20. The van der Waals surface area contributed by atoms with Gasteiger partial charge in [0, 0.05) is 11.6 Å². The van der Waals surface area contributed by atoms with Gasteiger partial charge in [0.25, 0.3) is 0 Å². The first-order valence-electron chi connectivity index (χ1n) is 4.29. The average Bonchev–Trinajstić information content (AvgIpc) is 2.31. The molecule has 0 aliphatic rings. The number of nitrogens with zero attached hydrogens (tertiary/aromatic N) is 1. The van der Waals surface area contributed by atoms with E-state index in [1.54, 1.807) is 13.3 Å². The van der Waals surface area contributed by atoms with Gasteiger partial charge in [-0.1, -0.05) is 6.07 Å². The van der Waals surface area contributed by atoms with Gasteiger partial charge in [0.15, 0.2) is 0 Å². The van der Waals surface area contributed by atoms with Crippen LogP contribution in [0.25, 0.3) is 10.9 Å². The van der Waals surface area contributed by atoms with Crippen molar-refractivity contribution in [1.82, 2.24) is 4.98 Å². The molecule has 72 valence electrons. The fourth-order valence-corrected chi connectivity index (χ4v) is 1.18. The summed E-state index contributed by atoms with van der Waals surface area (Å²) in [6.07, 6.45) is 1.79. The van der Waals surface area contributed by atoms with Crippen LogP contribution in [0.3, 0.4) is 0 Å². The molecule has 0 unspecified atom stereocenters.